The van der Waals surface area contributed by atoms with Crippen LogP contribution in [0.2, 0.25) is 0 Å². The number of hydrogen-bond acceptors (Lipinski definition) is 2. The fourth-order valence-electron chi connectivity index (χ4n) is 3.08. The van der Waals surface area contributed by atoms with Gasteiger partial charge in [0.05, 0.1) is 13.2 Å². The molecule has 2 nitrogen and oxygen atoms in total. The van der Waals surface area contributed by atoms with E-state index < -0.39 is 0 Å². The minimum atomic E-state index is 0.769. The van der Waals surface area contributed by atoms with Crippen molar-refractivity contribution in [2.75, 3.05) is 13.2 Å². The quantitative estimate of drug-likeness (QED) is 0.185. The Bertz CT molecular complexity index is 412. The van der Waals surface area contributed by atoms with Gasteiger partial charge >= 0.3 is 0 Å². The van der Waals surface area contributed by atoms with Gasteiger partial charge < -0.3 is 9.47 Å². The molecule has 3 heteroatoms. The van der Waals surface area contributed by atoms with Gasteiger partial charge in [0, 0.05) is 10.9 Å². The van der Waals surface area contributed by atoms with Gasteiger partial charge in [-0.25, -0.2) is 0 Å². The molecule has 0 fully saturated rings. The summed E-state index contributed by atoms with van der Waals surface area (Å²) in [7, 11) is 0. The van der Waals surface area contributed by atoms with Gasteiger partial charge in [-0.1, -0.05) is 100 Å². The van der Waals surface area contributed by atoms with Gasteiger partial charge in [0.2, 0.25) is 0 Å². The van der Waals surface area contributed by atoms with Crippen LogP contribution in [0.5, 0.6) is 11.5 Å². The largest absolute Gasteiger partial charge is 0.493 e. The molecule has 150 valence electrons. The van der Waals surface area contributed by atoms with Crippen LogP contribution in [0.1, 0.15) is 96.5 Å². The molecule has 0 aliphatic rings. The van der Waals surface area contributed by atoms with Crippen molar-refractivity contribution in [3.05, 3.63) is 23.8 Å². The number of rotatable bonds is 17. The lowest BCUT2D eigenvalue weighted by atomic mass is 10.1. The van der Waals surface area contributed by atoms with E-state index in [9.17, 15) is 0 Å². The molecule has 0 radical (unpaired) electrons. The summed E-state index contributed by atoms with van der Waals surface area (Å²) in [4.78, 5) is 0. The molecule has 0 spiro atoms. The third-order valence-corrected chi connectivity index (χ3v) is 5.30. The van der Waals surface area contributed by atoms with Crippen LogP contribution in [-0.4, -0.2) is 13.2 Å². The van der Waals surface area contributed by atoms with Crippen molar-refractivity contribution >= 4 is 15.9 Å². The zero-order valence-electron chi connectivity index (χ0n) is 17.0. The second kappa shape index (κ2) is 16.5. The summed E-state index contributed by atoms with van der Waals surface area (Å²) in [6.45, 7) is 6.11. The molecular formula is C23H39BrO2. The summed E-state index contributed by atoms with van der Waals surface area (Å²) < 4.78 is 12.1. The van der Waals surface area contributed by atoms with Crippen LogP contribution in [0.15, 0.2) is 18.2 Å². The third-order valence-electron chi connectivity index (χ3n) is 4.73. The van der Waals surface area contributed by atoms with Gasteiger partial charge in [0.25, 0.3) is 0 Å². The van der Waals surface area contributed by atoms with Crippen LogP contribution in [0, 0.1) is 0 Å². The smallest absolute Gasteiger partial charge is 0.127 e. The van der Waals surface area contributed by atoms with Crippen molar-refractivity contribution < 1.29 is 9.47 Å². The maximum atomic E-state index is 6.04. The highest BCUT2D eigenvalue weighted by atomic mass is 79.9. The van der Waals surface area contributed by atoms with E-state index in [1.54, 1.807) is 0 Å². The highest BCUT2D eigenvalue weighted by Gasteiger charge is 2.09. The molecule has 0 heterocycles. The molecule has 0 amide bonds. The van der Waals surface area contributed by atoms with Gasteiger partial charge in [0.1, 0.15) is 11.5 Å². The Morgan fingerprint density at radius 3 is 1.50 bits per heavy atom. The summed E-state index contributed by atoms with van der Waals surface area (Å²) in [6, 6.07) is 6.16. The molecule has 1 aromatic rings. The molecule has 0 saturated carbocycles. The van der Waals surface area contributed by atoms with Crippen LogP contribution in [0.3, 0.4) is 0 Å². The van der Waals surface area contributed by atoms with Crippen LogP contribution in [0.25, 0.3) is 0 Å². The number of unbranched alkanes of at least 4 members (excludes halogenated alkanes) is 10. The standard InChI is InChI=1S/C23H39BrO2/c1-3-5-7-9-11-13-18-25-22-16-15-17-23(21(22)20-24)26-19-14-12-10-8-6-4-2/h15-17H,3-14,18-20H2,1-2H3. The molecule has 0 aliphatic carbocycles. The number of ether oxygens (including phenoxy) is 2. The minimum Gasteiger partial charge on any atom is -0.493 e. The van der Waals surface area contributed by atoms with E-state index >= 15 is 0 Å². The highest BCUT2D eigenvalue weighted by Crippen LogP contribution is 2.31. The molecule has 0 aromatic heterocycles. The summed E-state index contributed by atoms with van der Waals surface area (Å²) in [5.41, 5.74) is 1.14. The molecule has 0 N–H and O–H groups in total. The first kappa shape index (κ1) is 23.3. The lowest BCUT2D eigenvalue weighted by molar-refractivity contribution is 0.286. The SMILES string of the molecule is CCCCCCCCOc1cccc(OCCCCCCCC)c1CBr. The topological polar surface area (TPSA) is 18.5 Å². The van der Waals surface area contributed by atoms with E-state index in [1.165, 1.54) is 64.2 Å². The molecular weight excluding hydrogens is 388 g/mol. The first-order valence-electron chi connectivity index (χ1n) is 10.8. The van der Waals surface area contributed by atoms with Crippen molar-refractivity contribution in [1.82, 2.24) is 0 Å². The van der Waals surface area contributed by atoms with Crippen LogP contribution in [-0.2, 0) is 5.33 Å². The fourth-order valence-corrected chi connectivity index (χ4v) is 3.63. The van der Waals surface area contributed by atoms with E-state index in [0.717, 1.165) is 48.4 Å². The van der Waals surface area contributed by atoms with E-state index in [1.807, 2.05) is 6.07 Å². The predicted octanol–water partition coefficient (Wildman–Crippen LogP) is 8.06. The summed E-state index contributed by atoms with van der Waals surface area (Å²) in [5.74, 6) is 1.94. The lowest BCUT2D eigenvalue weighted by Gasteiger charge is -2.15. The normalized spacial score (nSPS) is 10.9. The van der Waals surface area contributed by atoms with E-state index in [4.69, 9.17) is 9.47 Å². The van der Waals surface area contributed by atoms with Crippen molar-refractivity contribution in [3.63, 3.8) is 0 Å². The van der Waals surface area contributed by atoms with Gasteiger partial charge in [-0.3, -0.25) is 0 Å². The van der Waals surface area contributed by atoms with Gasteiger partial charge in [-0.2, -0.15) is 0 Å². The Balaban J connectivity index is 2.31. The molecule has 1 rings (SSSR count). The molecule has 0 bridgehead atoms. The molecule has 0 aliphatic heterocycles. The van der Waals surface area contributed by atoms with E-state index in [2.05, 4.69) is 41.9 Å². The van der Waals surface area contributed by atoms with Gasteiger partial charge in [0.15, 0.2) is 0 Å². The predicted molar refractivity (Wildman–Crippen MR) is 117 cm³/mol. The Labute approximate surface area is 170 Å². The molecule has 26 heavy (non-hydrogen) atoms. The second-order valence-electron chi connectivity index (χ2n) is 7.10. The number of alkyl halides is 1. The van der Waals surface area contributed by atoms with Crippen molar-refractivity contribution in [2.45, 2.75) is 96.2 Å². The number of hydrogen-bond donors (Lipinski definition) is 0. The summed E-state index contributed by atoms with van der Waals surface area (Å²) in [5, 5.41) is 0.769. The maximum absolute atomic E-state index is 6.04. The summed E-state index contributed by atoms with van der Waals surface area (Å²) in [6.07, 6.45) is 15.5. The average molecular weight is 427 g/mol. The third kappa shape index (κ3) is 10.4. The lowest BCUT2D eigenvalue weighted by Crippen LogP contribution is -2.03. The average Bonchev–Trinajstić information content (AvgIpc) is 2.66. The van der Waals surface area contributed by atoms with Crippen LogP contribution >= 0.6 is 15.9 Å². The Morgan fingerprint density at radius 1 is 0.654 bits per heavy atom. The maximum Gasteiger partial charge on any atom is 0.127 e. The van der Waals surface area contributed by atoms with Crippen molar-refractivity contribution in [2.24, 2.45) is 0 Å². The summed E-state index contributed by atoms with van der Waals surface area (Å²) >= 11 is 3.60. The van der Waals surface area contributed by atoms with Crippen LogP contribution < -0.4 is 9.47 Å². The van der Waals surface area contributed by atoms with Crippen molar-refractivity contribution in [1.29, 1.82) is 0 Å². The van der Waals surface area contributed by atoms with Gasteiger partial charge in [-0.15, -0.1) is 0 Å². The van der Waals surface area contributed by atoms with E-state index in [-0.39, 0.29) is 0 Å². The Morgan fingerprint density at radius 2 is 1.08 bits per heavy atom. The first-order valence-corrected chi connectivity index (χ1v) is 11.9. The minimum absolute atomic E-state index is 0.769. The Hall–Kier alpha value is -0.700. The molecule has 0 saturated heterocycles. The molecule has 0 atom stereocenters. The Kier molecular flexibility index (Phi) is 14.8. The van der Waals surface area contributed by atoms with Crippen LogP contribution in [0.4, 0.5) is 0 Å². The zero-order valence-corrected chi connectivity index (χ0v) is 18.6. The fraction of sp³-hybridized carbons (Fsp3) is 0.739. The van der Waals surface area contributed by atoms with E-state index in [0.29, 0.717) is 0 Å². The molecule has 1 aromatic carbocycles. The first-order chi connectivity index (χ1) is 12.8. The van der Waals surface area contributed by atoms with Crippen molar-refractivity contribution in [3.8, 4) is 11.5 Å². The number of benzene rings is 1. The van der Waals surface area contributed by atoms with Gasteiger partial charge in [-0.05, 0) is 25.0 Å². The highest BCUT2D eigenvalue weighted by molar-refractivity contribution is 9.08. The number of halogens is 1. The molecule has 0 unspecified atom stereocenters. The second-order valence-corrected chi connectivity index (χ2v) is 7.66. The monoisotopic (exact) mass is 426 g/mol. The zero-order chi connectivity index (χ0) is 18.9.